The molecule has 3 aromatic heterocycles. The number of amides is 1. The number of halogens is 1. The van der Waals surface area contributed by atoms with Gasteiger partial charge >= 0.3 is 6.09 Å². The van der Waals surface area contributed by atoms with Crippen LogP contribution in [0.2, 0.25) is 0 Å². The number of hydrogen-bond donors (Lipinski definition) is 2. The monoisotopic (exact) mass is 470 g/mol. The van der Waals surface area contributed by atoms with Gasteiger partial charge in [0.05, 0.1) is 17.9 Å². The molecule has 2 aliphatic rings. The average molecular weight is 471 g/mol. The first-order chi connectivity index (χ1) is 14.6. The summed E-state index contributed by atoms with van der Waals surface area (Å²) in [6.45, 7) is 3.01. The third-order valence-corrected chi connectivity index (χ3v) is 6.18. The summed E-state index contributed by atoms with van der Waals surface area (Å²) in [6, 6.07) is 6.13. The molecular weight excluding hydrogens is 448 g/mol. The molecule has 0 unspecified atom stereocenters. The zero-order valence-corrected chi connectivity index (χ0v) is 18.0. The number of piperazine rings is 1. The number of carboxylic acid groups (broad SMARTS) is 1. The van der Waals surface area contributed by atoms with Crippen molar-refractivity contribution in [2.24, 2.45) is 0 Å². The summed E-state index contributed by atoms with van der Waals surface area (Å²) in [6.07, 6.45) is 7.66. The summed E-state index contributed by atoms with van der Waals surface area (Å²) in [5, 5.41) is 12.6. The van der Waals surface area contributed by atoms with Crippen LogP contribution in [0.4, 0.5) is 16.2 Å². The molecule has 2 fully saturated rings. The second-order valence-electron chi connectivity index (χ2n) is 7.87. The van der Waals surface area contributed by atoms with Gasteiger partial charge in [0.15, 0.2) is 5.65 Å². The molecule has 9 heteroatoms. The van der Waals surface area contributed by atoms with E-state index >= 15 is 0 Å². The Hall–Kier alpha value is -2.81. The maximum Gasteiger partial charge on any atom is 0.407 e. The van der Waals surface area contributed by atoms with E-state index in [1.54, 1.807) is 6.20 Å². The van der Waals surface area contributed by atoms with Crippen molar-refractivity contribution in [2.75, 3.05) is 36.4 Å². The van der Waals surface area contributed by atoms with Gasteiger partial charge in [0.2, 0.25) is 0 Å². The Balaban J connectivity index is 1.42. The molecule has 8 nitrogen and oxygen atoms in total. The highest BCUT2D eigenvalue weighted by Crippen LogP contribution is 2.42. The molecule has 1 amide bonds. The van der Waals surface area contributed by atoms with Gasteiger partial charge in [0.1, 0.15) is 4.60 Å². The Morgan fingerprint density at radius 3 is 2.70 bits per heavy atom. The van der Waals surface area contributed by atoms with Crippen molar-refractivity contribution >= 4 is 39.0 Å². The van der Waals surface area contributed by atoms with E-state index in [1.807, 2.05) is 12.1 Å². The van der Waals surface area contributed by atoms with Crippen molar-refractivity contribution < 1.29 is 9.90 Å². The molecule has 0 radical (unpaired) electrons. The summed E-state index contributed by atoms with van der Waals surface area (Å²) in [7, 11) is 0. The van der Waals surface area contributed by atoms with E-state index in [0.717, 1.165) is 27.3 Å². The fourth-order valence-corrected chi connectivity index (χ4v) is 4.32. The fraction of sp³-hybridized carbons (Fsp3) is 0.381. The number of aromatic nitrogens is 3. The number of nitrogens with zero attached hydrogens (tertiary/aromatic N) is 5. The van der Waals surface area contributed by atoms with Gasteiger partial charge in [-0.3, -0.25) is 0 Å². The van der Waals surface area contributed by atoms with Crippen molar-refractivity contribution in [2.45, 2.75) is 25.3 Å². The largest absolute Gasteiger partial charge is 0.465 e. The standard InChI is InChI=1S/C21H23BrN6O2/c22-19-10-16(3-4-23-19)24-11-17-13-28-12-15(14-1-2-14)9-18(20(28)25-17)26-5-7-27(8-6-26)21(29)30/h3-4,9-10,12-14H,1-2,5-8,11H2,(H,23,24)(H,29,30). The van der Waals surface area contributed by atoms with Crippen LogP contribution in [0.5, 0.6) is 0 Å². The highest BCUT2D eigenvalue weighted by atomic mass is 79.9. The van der Waals surface area contributed by atoms with Gasteiger partial charge in [-0.15, -0.1) is 0 Å². The van der Waals surface area contributed by atoms with Crippen molar-refractivity contribution in [3.05, 3.63) is 52.7 Å². The van der Waals surface area contributed by atoms with Crippen molar-refractivity contribution in [3.8, 4) is 0 Å². The number of anilines is 2. The lowest BCUT2D eigenvalue weighted by Crippen LogP contribution is -2.48. The Morgan fingerprint density at radius 2 is 2.00 bits per heavy atom. The molecule has 0 aromatic carbocycles. The van der Waals surface area contributed by atoms with E-state index in [9.17, 15) is 9.90 Å². The predicted molar refractivity (Wildman–Crippen MR) is 118 cm³/mol. The molecule has 1 saturated heterocycles. The minimum atomic E-state index is -0.844. The summed E-state index contributed by atoms with van der Waals surface area (Å²) in [5.41, 5.74) is 5.31. The summed E-state index contributed by atoms with van der Waals surface area (Å²) in [5.74, 6) is 0.631. The first-order valence-electron chi connectivity index (χ1n) is 10.2. The van der Waals surface area contributed by atoms with Gasteiger partial charge in [-0.1, -0.05) is 0 Å². The molecular formula is C21H23BrN6O2. The highest BCUT2D eigenvalue weighted by molar-refractivity contribution is 9.10. The maximum atomic E-state index is 11.3. The van der Waals surface area contributed by atoms with E-state index in [4.69, 9.17) is 4.98 Å². The van der Waals surface area contributed by atoms with Gasteiger partial charge in [0.25, 0.3) is 0 Å². The second kappa shape index (κ2) is 7.79. The lowest BCUT2D eigenvalue weighted by molar-refractivity contribution is 0.142. The molecule has 156 valence electrons. The van der Waals surface area contributed by atoms with Gasteiger partial charge in [-0.2, -0.15) is 0 Å². The van der Waals surface area contributed by atoms with Crippen LogP contribution in [0.15, 0.2) is 41.4 Å². The lowest BCUT2D eigenvalue weighted by atomic mass is 10.1. The first kappa shape index (κ1) is 19.2. The third kappa shape index (κ3) is 3.94. The van der Waals surface area contributed by atoms with Crippen LogP contribution in [-0.4, -0.2) is 56.6 Å². The predicted octanol–water partition coefficient (Wildman–Crippen LogP) is 3.78. The van der Waals surface area contributed by atoms with Gasteiger partial charge in [-0.25, -0.2) is 14.8 Å². The van der Waals surface area contributed by atoms with Crippen LogP contribution in [0.1, 0.15) is 30.0 Å². The molecule has 0 spiro atoms. The van der Waals surface area contributed by atoms with Gasteiger partial charge in [-0.05, 0) is 58.5 Å². The number of carbonyl (C=O) groups is 1. The number of nitrogens with one attached hydrogen (secondary N) is 1. The molecule has 1 aliphatic heterocycles. The second-order valence-corrected chi connectivity index (χ2v) is 8.69. The van der Waals surface area contributed by atoms with Crippen LogP contribution >= 0.6 is 15.9 Å². The van der Waals surface area contributed by atoms with Crippen LogP contribution < -0.4 is 10.2 Å². The molecule has 2 N–H and O–H groups in total. The quantitative estimate of drug-likeness (QED) is 0.551. The maximum absolute atomic E-state index is 11.3. The summed E-state index contributed by atoms with van der Waals surface area (Å²) >= 11 is 3.39. The minimum absolute atomic E-state index is 0.515. The van der Waals surface area contributed by atoms with E-state index in [-0.39, 0.29) is 0 Å². The van der Waals surface area contributed by atoms with Gasteiger partial charge in [0, 0.05) is 50.5 Å². The Kier molecular flexibility index (Phi) is 4.98. The third-order valence-electron chi connectivity index (χ3n) is 5.74. The zero-order chi connectivity index (χ0) is 20.7. The number of imidazole rings is 1. The summed E-state index contributed by atoms with van der Waals surface area (Å²) in [4.78, 5) is 24.1. The number of rotatable bonds is 5. The normalized spacial score (nSPS) is 16.8. The molecule has 30 heavy (non-hydrogen) atoms. The van der Waals surface area contributed by atoms with Crippen molar-refractivity contribution in [1.82, 2.24) is 19.3 Å². The highest BCUT2D eigenvalue weighted by Gasteiger charge is 2.28. The SMILES string of the molecule is O=C(O)N1CCN(c2cc(C3CC3)cn3cc(CNc4ccnc(Br)c4)nc23)CC1. The van der Waals surface area contributed by atoms with Crippen LogP contribution in [0.3, 0.4) is 0 Å². The molecule has 0 bridgehead atoms. The topological polar surface area (TPSA) is 86.0 Å². The molecule has 1 aliphatic carbocycles. The minimum Gasteiger partial charge on any atom is -0.465 e. The zero-order valence-electron chi connectivity index (χ0n) is 16.5. The van der Waals surface area contributed by atoms with E-state index < -0.39 is 6.09 Å². The Labute approximate surface area is 182 Å². The Bertz CT molecular complexity index is 1090. The smallest absolute Gasteiger partial charge is 0.407 e. The molecule has 0 atom stereocenters. The van der Waals surface area contributed by atoms with E-state index in [1.165, 1.54) is 23.3 Å². The fourth-order valence-electron chi connectivity index (χ4n) is 3.95. The lowest BCUT2D eigenvalue weighted by Gasteiger charge is -2.34. The van der Waals surface area contributed by atoms with E-state index in [2.05, 4.69) is 54.0 Å². The number of pyridine rings is 2. The van der Waals surface area contributed by atoms with Gasteiger partial charge < -0.3 is 24.6 Å². The molecule has 4 heterocycles. The van der Waals surface area contributed by atoms with Crippen molar-refractivity contribution in [3.63, 3.8) is 0 Å². The van der Waals surface area contributed by atoms with E-state index in [0.29, 0.717) is 38.6 Å². The molecule has 5 rings (SSSR count). The summed E-state index contributed by atoms with van der Waals surface area (Å²) < 4.78 is 2.92. The Morgan fingerprint density at radius 1 is 1.20 bits per heavy atom. The van der Waals surface area contributed by atoms with Crippen LogP contribution in [-0.2, 0) is 6.54 Å². The first-order valence-corrected chi connectivity index (χ1v) is 11.0. The average Bonchev–Trinajstić information content (AvgIpc) is 3.51. The van der Waals surface area contributed by atoms with Crippen molar-refractivity contribution in [1.29, 1.82) is 0 Å². The molecule has 3 aromatic rings. The molecule has 1 saturated carbocycles. The number of fused-ring (bicyclic) bond motifs is 1. The van der Waals surface area contributed by atoms with Crippen LogP contribution in [0, 0.1) is 0 Å². The van der Waals surface area contributed by atoms with Crippen LogP contribution in [0.25, 0.3) is 5.65 Å². The number of hydrogen-bond acceptors (Lipinski definition) is 5.